The minimum Gasteiger partial charge on any atom is -0.327 e. The molecule has 6 rings (SSSR count). The molecule has 1 aliphatic carbocycles. The highest BCUT2D eigenvalue weighted by Gasteiger charge is 2.47. The molecule has 1 aromatic carbocycles. The normalized spacial score (nSPS) is 21.9. The highest BCUT2D eigenvalue weighted by molar-refractivity contribution is 5.95. The first-order valence-electron chi connectivity index (χ1n) is 11.7. The number of hydrogen-bond acceptors (Lipinski definition) is 4. The summed E-state index contributed by atoms with van der Waals surface area (Å²) in [6.45, 7) is 0. The summed E-state index contributed by atoms with van der Waals surface area (Å²) >= 11 is 0. The van der Waals surface area contributed by atoms with Gasteiger partial charge in [0.2, 0.25) is 0 Å². The van der Waals surface area contributed by atoms with Crippen LogP contribution in [-0.2, 0) is 18.9 Å². The largest absolute Gasteiger partial charge is 0.327 e. The van der Waals surface area contributed by atoms with Gasteiger partial charge in [0.15, 0.2) is 17.5 Å². The molecule has 2 bridgehead atoms. The van der Waals surface area contributed by atoms with Gasteiger partial charge in [-0.05, 0) is 62.8 Å². The lowest BCUT2D eigenvalue weighted by Crippen LogP contribution is -2.49. The highest BCUT2D eigenvalue weighted by atomic mass is 19.2. The fraction of sp³-hybridized carbons (Fsp3) is 0.385. The van der Waals surface area contributed by atoms with Crippen LogP contribution in [-0.4, -0.2) is 31.6 Å². The maximum atomic E-state index is 14.0. The molecule has 1 saturated heterocycles. The van der Waals surface area contributed by atoms with Gasteiger partial charge in [0, 0.05) is 30.4 Å². The molecule has 2 atom stereocenters. The van der Waals surface area contributed by atoms with Crippen LogP contribution < -0.4 is 0 Å². The first-order valence-corrected chi connectivity index (χ1v) is 11.7. The predicted molar refractivity (Wildman–Crippen MR) is 120 cm³/mol. The van der Waals surface area contributed by atoms with Crippen molar-refractivity contribution in [3.8, 4) is 17.3 Å². The Bertz CT molecular complexity index is 1380. The number of fused-ring (bicyclic) bond motifs is 4. The van der Waals surface area contributed by atoms with Gasteiger partial charge in [-0.1, -0.05) is 0 Å². The molecule has 2 aliphatic heterocycles. The summed E-state index contributed by atoms with van der Waals surface area (Å²) < 4.78 is 43.1. The van der Waals surface area contributed by atoms with E-state index in [1.54, 1.807) is 30.1 Å². The second-order valence-electron chi connectivity index (χ2n) is 9.73. The summed E-state index contributed by atoms with van der Waals surface area (Å²) in [6.07, 6.45) is 6.07. The van der Waals surface area contributed by atoms with Gasteiger partial charge in [0.1, 0.15) is 0 Å². The third kappa shape index (κ3) is 3.27. The Morgan fingerprint density at radius 3 is 2.54 bits per heavy atom. The average Bonchev–Trinajstić information content (AvgIpc) is 3.59. The zero-order chi connectivity index (χ0) is 24.5. The summed E-state index contributed by atoms with van der Waals surface area (Å²) in [7, 11) is 1.69. The van der Waals surface area contributed by atoms with Crippen molar-refractivity contribution in [1.29, 1.82) is 5.26 Å². The quantitative estimate of drug-likeness (QED) is 0.511. The zero-order valence-corrected chi connectivity index (χ0v) is 19.1. The SMILES string of the molecule is Cn1nc2c(c1-c1cc(F)c(F)c(F)c1)C[C@@H]1CCC[C@H]2N1C(=O)c1ccc(C2(C#N)CC2)nc1. The second-order valence-corrected chi connectivity index (χ2v) is 9.73. The third-order valence-electron chi connectivity index (χ3n) is 7.63. The van der Waals surface area contributed by atoms with Gasteiger partial charge < -0.3 is 4.90 Å². The van der Waals surface area contributed by atoms with E-state index < -0.39 is 22.9 Å². The van der Waals surface area contributed by atoms with Crippen LogP contribution in [0.1, 0.15) is 65.5 Å². The van der Waals surface area contributed by atoms with Crippen molar-refractivity contribution in [2.24, 2.45) is 7.05 Å². The van der Waals surface area contributed by atoms with Crippen LogP contribution in [0.15, 0.2) is 30.5 Å². The third-order valence-corrected chi connectivity index (χ3v) is 7.63. The summed E-state index contributed by atoms with van der Waals surface area (Å²) in [5.41, 5.74) is 2.97. The number of aryl methyl sites for hydroxylation is 1. The second kappa shape index (κ2) is 7.67. The van der Waals surface area contributed by atoms with Crippen molar-refractivity contribution in [3.05, 3.63) is 70.4 Å². The molecule has 1 saturated carbocycles. The summed E-state index contributed by atoms with van der Waals surface area (Å²) in [4.78, 5) is 19.9. The summed E-state index contributed by atoms with van der Waals surface area (Å²) in [5, 5.41) is 14.1. The van der Waals surface area contributed by atoms with E-state index in [9.17, 15) is 23.2 Å². The molecular weight excluding hydrogens is 455 g/mol. The molecule has 35 heavy (non-hydrogen) atoms. The monoisotopic (exact) mass is 477 g/mol. The zero-order valence-electron chi connectivity index (χ0n) is 19.1. The van der Waals surface area contributed by atoms with E-state index in [-0.39, 0.29) is 23.6 Å². The standard InChI is InChI=1S/C26H22F3N5O/c1-33-24(15-9-18(27)22(29)19(28)10-15)17-11-16-3-2-4-20(23(17)32-33)34(16)25(35)14-5-6-21(31-12-14)26(13-30)7-8-26/h5-6,9-10,12,16,20H,2-4,7-8,11H2,1H3/t16-,20+/m0/s1. The Hall–Kier alpha value is -3.67. The number of benzene rings is 1. The number of amides is 1. The number of carbonyl (C=O) groups excluding carboxylic acids is 1. The maximum absolute atomic E-state index is 14.0. The van der Waals surface area contributed by atoms with Crippen LogP contribution >= 0.6 is 0 Å². The van der Waals surface area contributed by atoms with E-state index in [2.05, 4.69) is 16.2 Å². The molecule has 0 unspecified atom stereocenters. The van der Waals surface area contributed by atoms with Gasteiger partial charge in [0.05, 0.1) is 40.2 Å². The fourth-order valence-corrected chi connectivity index (χ4v) is 5.70. The van der Waals surface area contributed by atoms with Gasteiger partial charge in [-0.2, -0.15) is 10.4 Å². The van der Waals surface area contributed by atoms with Gasteiger partial charge in [0.25, 0.3) is 5.91 Å². The highest BCUT2D eigenvalue weighted by Crippen LogP contribution is 2.47. The summed E-state index contributed by atoms with van der Waals surface area (Å²) in [6, 6.07) is 7.44. The van der Waals surface area contributed by atoms with E-state index in [1.807, 2.05) is 4.90 Å². The van der Waals surface area contributed by atoms with Crippen LogP contribution in [0, 0.1) is 28.8 Å². The number of aromatic nitrogens is 3. The maximum Gasteiger partial charge on any atom is 0.256 e. The lowest BCUT2D eigenvalue weighted by Gasteiger charge is -2.45. The molecule has 0 spiro atoms. The van der Waals surface area contributed by atoms with Crippen LogP contribution in [0.4, 0.5) is 13.2 Å². The Labute approximate surface area is 200 Å². The Morgan fingerprint density at radius 1 is 1.17 bits per heavy atom. The van der Waals surface area contributed by atoms with Crippen LogP contribution in [0.2, 0.25) is 0 Å². The van der Waals surface area contributed by atoms with Gasteiger partial charge >= 0.3 is 0 Å². The molecule has 178 valence electrons. The number of rotatable bonds is 3. The number of nitrogens with zero attached hydrogens (tertiary/aromatic N) is 5. The lowest BCUT2D eigenvalue weighted by molar-refractivity contribution is 0.0391. The molecule has 3 aromatic rings. The van der Waals surface area contributed by atoms with E-state index in [0.29, 0.717) is 29.1 Å². The van der Waals surface area contributed by atoms with Crippen LogP contribution in [0.5, 0.6) is 0 Å². The van der Waals surface area contributed by atoms with E-state index in [0.717, 1.165) is 49.8 Å². The molecule has 3 aliphatic rings. The molecule has 0 radical (unpaired) electrons. The van der Waals surface area contributed by atoms with Crippen molar-refractivity contribution in [1.82, 2.24) is 19.7 Å². The van der Waals surface area contributed by atoms with Gasteiger partial charge in [-0.3, -0.25) is 14.5 Å². The van der Waals surface area contributed by atoms with Gasteiger partial charge in [-0.15, -0.1) is 0 Å². The first kappa shape index (κ1) is 21.8. The van der Waals surface area contributed by atoms with Crippen molar-refractivity contribution >= 4 is 5.91 Å². The van der Waals surface area contributed by atoms with Gasteiger partial charge in [-0.25, -0.2) is 13.2 Å². The summed E-state index contributed by atoms with van der Waals surface area (Å²) in [5.74, 6) is -4.14. The number of carbonyl (C=O) groups is 1. The average molecular weight is 477 g/mol. The first-order chi connectivity index (χ1) is 16.8. The smallest absolute Gasteiger partial charge is 0.256 e. The molecule has 4 heterocycles. The van der Waals surface area contributed by atoms with E-state index >= 15 is 0 Å². The number of nitriles is 1. The van der Waals surface area contributed by atoms with Crippen LogP contribution in [0.3, 0.4) is 0 Å². The van der Waals surface area contributed by atoms with E-state index in [4.69, 9.17) is 0 Å². The number of pyridine rings is 1. The minimum atomic E-state index is -1.50. The molecule has 2 fully saturated rings. The molecule has 1 amide bonds. The minimum absolute atomic E-state index is 0.0969. The molecule has 0 N–H and O–H groups in total. The Morgan fingerprint density at radius 2 is 1.91 bits per heavy atom. The molecule has 9 heteroatoms. The fourth-order valence-electron chi connectivity index (χ4n) is 5.70. The topological polar surface area (TPSA) is 74.8 Å². The predicted octanol–water partition coefficient (Wildman–Crippen LogP) is 4.75. The van der Waals surface area contributed by atoms with E-state index in [1.165, 1.54) is 0 Å². The van der Waals surface area contributed by atoms with Crippen molar-refractivity contribution in [3.63, 3.8) is 0 Å². The molecule has 6 nitrogen and oxygen atoms in total. The lowest BCUT2D eigenvalue weighted by atomic mass is 9.81. The Kier molecular flexibility index (Phi) is 4.78. The number of halogens is 3. The molecule has 2 aromatic heterocycles. The number of piperidine rings is 1. The van der Waals surface area contributed by atoms with Crippen molar-refractivity contribution in [2.75, 3.05) is 0 Å². The Balaban J connectivity index is 1.36. The number of hydrogen-bond donors (Lipinski definition) is 0. The van der Waals surface area contributed by atoms with Crippen molar-refractivity contribution < 1.29 is 18.0 Å². The molecular formula is C26H22F3N5O. The van der Waals surface area contributed by atoms with Crippen molar-refractivity contribution in [2.45, 2.75) is 56.0 Å². The van der Waals surface area contributed by atoms with Crippen LogP contribution in [0.25, 0.3) is 11.3 Å².